The number of aromatic nitrogens is 4. The van der Waals surface area contributed by atoms with Crippen molar-refractivity contribution in [1.82, 2.24) is 24.6 Å². The zero-order valence-electron chi connectivity index (χ0n) is 26.5. The standard InChI is InChI=1S/C35H36F2N6O3S/c1-5-42(6-2)18-25-8-7-9-27(16-25)34(44)45-23-46-35(20-43-22-39-21-40-43,30-15-12-28(36)17-31(30)37)24(3)33-41-32(19-47-33)26-10-13-29(38-4)14-11-26/h7-17,19,21-22,24H,4-6,18,20,23H2,1-3H3/t24-,35?/m0/s1. The number of hydrogen-bond donors (Lipinski definition) is 0. The number of halogens is 2. The maximum Gasteiger partial charge on any atom is 0.340 e. The smallest absolute Gasteiger partial charge is 0.340 e. The topological polar surface area (TPSA) is 94.7 Å². The largest absolute Gasteiger partial charge is 0.435 e. The van der Waals surface area contributed by atoms with Gasteiger partial charge in [-0.05, 0) is 55.7 Å². The Labute approximate surface area is 276 Å². The summed E-state index contributed by atoms with van der Waals surface area (Å²) in [6.07, 6.45) is 2.83. The minimum atomic E-state index is -1.55. The maximum absolute atomic E-state index is 15.7. The van der Waals surface area contributed by atoms with Crippen LogP contribution >= 0.6 is 11.3 Å². The van der Waals surface area contributed by atoms with Gasteiger partial charge in [0.2, 0.25) is 0 Å². The lowest BCUT2D eigenvalue weighted by Crippen LogP contribution is -2.42. The molecule has 0 fully saturated rings. The van der Waals surface area contributed by atoms with Gasteiger partial charge in [-0.25, -0.2) is 28.2 Å². The van der Waals surface area contributed by atoms with Crippen molar-refractivity contribution in [2.45, 2.75) is 45.4 Å². The molecule has 0 amide bonds. The van der Waals surface area contributed by atoms with E-state index in [-0.39, 0.29) is 12.1 Å². The molecule has 0 spiro atoms. The Morgan fingerprint density at radius 1 is 1.11 bits per heavy atom. The van der Waals surface area contributed by atoms with Gasteiger partial charge in [0, 0.05) is 35.0 Å². The molecule has 2 atom stereocenters. The highest BCUT2D eigenvalue weighted by atomic mass is 32.1. The van der Waals surface area contributed by atoms with Gasteiger partial charge in [0.15, 0.2) is 6.79 Å². The fourth-order valence-corrected chi connectivity index (χ4v) is 6.39. The molecule has 47 heavy (non-hydrogen) atoms. The van der Waals surface area contributed by atoms with E-state index in [2.05, 4.69) is 40.5 Å². The third-order valence-electron chi connectivity index (χ3n) is 8.16. The number of carbonyl (C=O) groups is 1. The molecule has 2 aromatic heterocycles. The van der Waals surface area contributed by atoms with E-state index in [9.17, 15) is 9.18 Å². The lowest BCUT2D eigenvalue weighted by atomic mass is 9.81. The highest BCUT2D eigenvalue weighted by Crippen LogP contribution is 2.44. The third-order valence-corrected chi connectivity index (χ3v) is 9.19. The Morgan fingerprint density at radius 3 is 2.57 bits per heavy atom. The lowest BCUT2D eigenvalue weighted by Gasteiger charge is -2.38. The fourth-order valence-electron chi connectivity index (χ4n) is 5.42. The summed E-state index contributed by atoms with van der Waals surface area (Å²) in [7, 11) is 0. The zero-order chi connectivity index (χ0) is 33.4. The molecule has 2 heterocycles. The molecule has 0 N–H and O–H groups in total. The summed E-state index contributed by atoms with van der Waals surface area (Å²) >= 11 is 1.37. The number of benzene rings is 3. The Balaban J connectivity index is 1.48. The highest BCUT2D eigenvalue weighted by Gasteiger charge is 2.45. The van der Waals surface area contributed by atoms with E-state index in [0.717, 1.165) is 36.0 Å². The second-order valence-corrected chi connectivity index (χ2v) is 11.8. The van der Waals surface area contributed by atoms with Gasteiger partial charge in [-0.2, -0.15) is 5.10 Å². The molecule has 0 saturated carbocycles. The first kappa shape index (κ1) is 33.7. The van der Waals surface area contributed by atoms with E-state index in [4.69, 9.17) is 14.5 Å². The molecule has 0 radical (unpaired) electrons. The maximum atomic E-state index is 15.7. The number of thiazole rings is 1. The molecule has 1 unspecified atom stereocenters. The van der Waals surface area contributed by atoms with Gasteiger partial charge < -0.3 is 9.47 Å². The van der Waals surface area contributed by atoms with Crippen molar-refractivity contribution in [2.75, 3.05) is 19.9 Å². The van der Waals surface area contributed by atoms with Crippen LogP contribution in [0.5, 0.6) is 0 Å². The number of nitrogens with zero attached hydrogens (tertiary/aromatic N) is 6. The molecule has 0 aliphatic rings. The Bertz CT molecular complexity index is 1790. The molecular weight excluding hydrogens is 622 g/mol. The summed E-state index contributed by atoms with van der Waals surface area (Å²) in [4.78, 5) is 28.3. The van der Waals surface area contributed by atoms with Crippen molar-refractivity contribution in [1.29, 1.82) is 0 Å². The first-order chi connectivity index (χ1) is 22.8. The minimum Gasteiger partial charge on any atom is -0.435 e. The van der Waals surface area contributed by atoms with Crippen LogP contribution in [-0.2, 0) is 28.2 Å². The van der Waals surface area contributed by atoms with Crippen LogP contribution in [-0.4, -0.2) is 57.2 Å². The first-order valence-electron chi connectivity index (χ1n) is 15.2. The summed E-state index contributed by atoms with van der Waals surface area (Å²) in [5.41, 5.74) is 2.14. The van der Waals surface area contributed by atoms with Gasteiger partial charge in [-0.3, -0.25) is 9.89 Å². The normalized spacial score (nSPS) is 13.3. The van der Waals surface area contributed by atoms with Crippen LogP contribution in [0.4, 0.5) is 14.5 Å². The highest BCUT2D eigenvalue weighted by molar-refractivity contribution is 7.10. The second-order valence-electron chi connectivity index (χ2n) is 11.0. The molecule has 0 bridgehead atoms. The van der Waals surface area contributed by atoms with E-state index in [1.165, 1.54) is 40.8 Å². The summed E-state index contributed by atoms with van der Waals surface area (Å²) in [5.74, 6) is -2.78. The van der Waals surface area contributed by atoms with Crippen LogP contribution in [0.25, 0.3) is 11.3 Å². The number of carbonyl (C=O) groups excluding carboxylic acids is 1. The van der Waals surface area contributed by atoms with Crippen molar-refractivity contribution < 1.29 is 23.0 Å². The summed E-state index contributed by atoms with van der Waals surface area (Å²) in [6, 6.07) is 18.0. The van der Waals surface area contributed by atoms with Crippen LogP contribution < -0.4 is 0 Å². The summed E-state index contributed by atoms with van der Waals surface area (Å²) < 4.78 is 43.5. The average Bonchev–Trinajstić information content (AvgIpc) is 3.79. The van der Waals surface area contributed by atoms with Gasteiger partial charge >= 0.3 is 5.97 Å². The quantitative estimate of drug-likeness (QED) is 0.0658. The second kappa shape index (κ2) is 15.3. The van der Waals surface area contributed by atoms with E-state index < -0.39 is 35.9 Å². The molecule has 5 rings (SSSR count). The molecule has 3 aromatic carbocycles. The molecule has 0 aliphatic carbocycles. The predicted molar refractivity (Wildman–Crippen MR) is 178 cm³/mol. The van der Waals surface area contributed by atoms with E-state index >= 15 is 4.39 Å². The summed E-state index contributed by atoms with van der Waals surface area (Å²) in [6.45, 7) is 11.4. The SMILES string of the molecule is C=Nc1ccc(-c2csc([C@H](C)C(Cn3cncn3)(OCOC(=O)c3cccc(CN(CC)CC)c3)c3ccc(F)cc3F)n2)cc1. The van der Waals surface area contributed by atoms with Crippen LogP contribution in [0.3, 0.4) is 0 Å². The van der Waals surface area contributed by atoms with Crippen molar-refractivity contribution in [3.05, 3.63) is 118 Å². The number of hydrogen-bond acceptors (Lipinski definition) is 9. The minimum absolute atomic E-state index is 0.0394. The first-order valence-corrected chi connectivity index (χ1v) is 16.1. The molecule has 0 aliphatic heterocycles. The number of esters is 1. The summed E-state index contributed by atoms with van der Waals surface area (Å²) in [5, 5.41) is 6.76. The van der Waals surface area contributed by atoms with Gasteiger partial charge in [-0.1, -0.05) is 51.1 Å². The van der Waals surface area contributed by atoms with Gasteiger partial charge in [0.1, 0.15) is 29.9 Å². The van der Waals surface area contributed by atoms with Crippen LogP contribution in [0.1, 0.15) is 53.2 Å². The van der Waals surface area contributed by atoms with Crippen LogP contribution in [0.2, 0.25) is 0 Å². The molecule has 5 aromatic rings. The van der Waals surface area contributed by atoms with E-state index in [1.54, 1.807) is 12.1 Å². The molecule has 244 valence electrons. The van der Waals surface area contributed by atoms with Gasteiger partial charge in [0.05, 0.1) is 28.5 Å². The van der Waals surface area contributed by atoms with E-state index in [0.29, 0.717) is 22.8 Å². The van der Waals surface area contributed by atoms with Gasteiger partial charge in [0.25, 0.3) is 0 Å². The third kappa shape index (κ3) is 7.84. The molecule has 12 heteroatoms. The van der Waals surface area contributed by atoms with Crippen LogP contribution in [0.15, 0.2) is 89.8 Å². The monoisotopic (exact) mass is 658 g/mol. The van der Waals surface area contributed by atoms with Crippen LogP contribution in [0, 0.1) is 11.6 Å². The van der Waals surface area contributed by atoms with Crippen molar-refractivity contribution in [3.8, 4) is 11.3 Å². The van der Waals surface area contributed by atoms with Crippen molar-refractivity contribution in [2.24, 2.45) is 4.99 Å². The van der Waals surface area contributed by atoms with Crippen molar-refractivity contribution in [3.63, 3.8) is 0 Å². The van der Waals surface area contributed by atoms with E-state index in [1.807, 2.05) is 48.7 Å². The predicted octanol–water partition coefficient (Wildman–Crippen LogP) is 7.38. The number of ether oxygens (including phenoxy) is 2. The lowest BCUT2D eigenvalue weighted by molar-refractivity contribution is -0.148. The molecule has 9 nitrogen and oxygen atoms in total. The molecule has 0 saturated heterocycles. The Kier molecular flexibility index (Phi) is 11.0. The average molecular weight is 659 g/mol. The van der Waals surface area contributed by atoms with Gasteiger partial charge in [-0.15, -0.1) is 11.3 Å². The zero-order valence-corrected chi connectivity index (χ0v) is 27.3. The van der Waals surface area contributed by atoms with Crippen molar-refractivity contribution >= 4 is 29.7 Å². The number of rotatable bonds is 15. The Hall–Kier alpha value is -4.65. The molecular formula is C35H36F2N6O3S. The Morgan fingerprint density at radius 2 is 1.89 bits per heavy atom. The fraction of sp³-hybridized carbons (Fsp3) is 0.286. The number of aliphatic imine (C=N–C) groups is 1.